The third-order valence-electron chi connectivity index (χ3n) is 2.11. The molecule has 0 aromatic heterocycles. The Bertz CT molecular complexity index is 223. The molecular formula is C12H16. The Labute approximate surface area is 74.9 Å². The first-order valence-electron chi connectivity index (χ1n) is 4.56. The van der Waals surface area contributed by atoms with Crippen molar-refractivity contribution in [3.63, 3.8) is 0 Å². The monoisotopic (exact) mass is 160 g/mol. The number of hydrogen-bond donors (Lipinski definition) is 0. The van der Waals surface area contributed by atoms with E-state index in [1.807, 2.05) is 6.08 Å². The van der Waals surface area contributed by atoms with Gasteiger partial charge in [0.2, 0.25) is 0 Å². The standard InChI is InChI=1S/C12H16/c1-3-8-11(4-2)12-9-6-5-7-10-12/h4-7,9-11H,2-3,8H2,1H3/t11-/m0/s1. The fourth-order valence-corrected chi connectivity index (χ4v) is 1.43. The van der Waals surface area contributed by atoms with E-state index in [-0.39, 0.29) is 0 Å². The van der Waals surface area contributed by atoms with Crippen LogP contribution in [0.25, 0.3) is 0 Å². The molecule has 0 unspecified atom stereocenters. The van der Waals surface area contributed by atoms with Crippen LogP contribution in [0.4, 0.5) is 0 Å². The van der Waals surface area contributed by atoms with Gasteiger partial charge >= 0.3 is 0 Å². The van der Waals surface area contributed by atoms with E-state index < -0.39 is 0 Å². The van der Waals surface area contributed by atoms with E-state index >= 15 is 0 Å². The molecule has 64 valence electrons. The summed E-state index contributed by atoms with van der Waals surface area (Å²) in [5, 5.41) is 0. The third kappa shape index (κ3) is 2.23. The maximum absolute atomic E-state index is 3.86. The molecule has 1 aromatic rings. The Morgan fingerprint density at radius 3 is 2.50 bits per heavy atom. The van der Waals surface area contributed by atoms with Gasteiger partial charge in [-0.3, -0.25) is 0 Å². The maximum Gasteiger partial charge on any atom is 0.00151 e. The number of rotatable bonds is 4. The lowest BCUT2D eigenvalue weighted by atomic mass is 9.95. The number of benzene rings is 1. The summed E-state index contributed by atoms with van der Waals surface area (Å²) in [4.78, 5) is 0. The molecule has 0 amide bonds. The summed E-state index contributed by atoms with van der Waals surface area (Å²) in [7, 11) is 0. The molecule has 0 aliphatic carbocycles. The molecule has 0 fully saturated rings. The molecule has 0 spiro atoms. The van der Waals surface area contributed by atoms with Gasteiger partial charge in [0.05, 0.1) is 0 Å². The van der Waals surface area contributed by atoms with Crippen molar-refractivity contribution in [3.8, 4) is 0 Å². The molecule has 0 N–H and O–H groups in total. The lowest BCUT2D eigenvalue weighted by Crippen LogP contribution is -1.92. The molecule has 0 bridgehead atoms. The van der Waals surface area contributed by atoms with Crippen LogP contribution in [0.5, 0.6) is 0 Å². The van der Waals surface area contributed by atoms with Gasteiger partial charge < -0.3 is 0 Å². The van der Waals surface area contributed by atoms with Gasteiger partial charge in [-0.25, -0.2) is 0 Å². The Kier molecular flexibility index (Phi) is 3.59. The topological polar surface area (TPSA) is 0 Å². The van der Waals surface area contributed by atoms with Gasteiger partial charge in [-0.2, -0.15) is 0 Å². The summed E-state index contributed by atoms with van der Waals surface area (Å²) < 4.78 is 0. The minimum atomic E-state index is 0.538. The van der Waals surface area contributed by atoms with Crippen molar-refractivity contribution in [2.75, 3.05) is 0 Å². The summed E-state index contributed by atoms with van der Waals surface area (Å²) in [5.41, 5.74) is 1.38. The van der Waals surface area contributed by atoms with Crippen LogP contribution >= 0.6 is 0 Å². The molecule has 12 heavy (non-hydrogen) atoms. The highest BCUT2D eigenvalue weighted by atomic mass is 14.1. The van der Waals surface area contributed by atoms with Crippen molar-refractivity contribution >= 4 is 0 Å². The normalized spacial score (nSPS) is 12.4. The van der Waals surface area contributed by atoms with E-state index in [4.69, 9.17) is 0 Å². The summed E-state index contributed by atoms with van der Waals surface area (Å²) in [6.45, 7) is 6.06. The Hall–Kier alpha value is -1.04. The van der Waals surface area contributed by atoms with Gasteiger partial charge in [-0.1, -0.05) is 49.8 Å². The fourth-order valence-electron chi connectivity index (χ4n) is 1.43. The van der Waals surface area contributed by atoms with E-state index in [0.717, 1.165) is 0 Å². The third-order valence-corrected chi connectivity index (χ3v) is 2.11. The van der Waals surface area contributed by atoms with Gasteiger partial charge in [0.15, 0.2) is 0 Å². The van der Waals surface area contributed by atoms with Crippen LogP contribution in [-0.2, 0) is 0 Å². The molecule has 0 saturated heterocycles. The summed E-state index contributed by atoms with van der Waals surface area (Å²) in [6, 6.07) is 10.6. The molecule has 0 radical (unpaired) electrons. The van der Waals surface area contributed by atoms with Crippen LogP contribution in [0.15, 0.2) is 43.0 Å². The average Bonchev–Trinajstić information content (AvgIpc) is 2.15. The zero-order valence-electron chi connectivity index (χ0n) is 7.66. The van der Waals surface area contributed by atoms with Crippen molar-refractivity contribution in [3.05, 3.63) is 48.6 Å². The second-order valence-electron chi connectivity index (χ2n) is 3.04. The maximum atomic E-state index is 3.86. The van der Waals surface area contributed by atoms with Crippen molar-refractivity contribution in [2.45, 2.75) is 25.7 Å². The minimum absolute atomic E-state index is 0.538. The van der Waals surface area contributed by atoms with Crippen molar-refractivity contribution in [1.82, 2.24) is 0 Å². The molecule has 1 aromatic carbocycles. The first-order valence-corrected chi connectivity index (χ1v) is 4.56. The highest BCUT2D eigenvalue weighted by Crippen LogP contribution is 2.21. The summed E-state index contributed by atoms with van der Waals surface area (Å²) in [6.07, 6.45) is 4.46. The second kappa shape index (κ2) is 4.76. The lowest BCUT2D eigenvalue weighted by molar-refractivity contribution is 0.718. The van der Waals surface area contributed by atoms with Gasteiger partial charge in [-0.05, 0) is 12.0 Å². The van der Waals surface area contributed by atoms with Crippen molar-refractivity contribution in [1.29, 1.82) is 0 Å². The zero-order valence-corrected chi connectivity index (χ0v) is 7.66. The molecular weight excluding hydrogens is 144 g/mol. The van der Waals surface area contributed by atoms with Crippen LogP contribution in [0.1, 0.15) is 31.2 Å². The molecule has 1 rings (SSSR count). The molecule has 0 nitrogen and oxygen atoms in total. The van der Waals surface area contributed by atoms with E-state index in [2.05, 4.69) is 43.8 Å². The zero-order chi connectivity index (χ0) is 8.81. The van der Waals surface area contributed by atoms with E-state index in [1.54, 1.807) is 0 Å². The fraction of sp³-hybridized carbons (Fsp3) is 0.333. The van der Waals surface area contributed by atoms with Crippen molar-refractivity contribution < 1.29 is 0 Å². The average molecular weight is 160 g/mol. The molecule has 1 atom stereocenters. The van der Waals surface area contributed by atoms with E-state index in [9.17, 15) is 0 Å². The molecule has 0 heteroatoms. The minimum Gasteiger partial charge on any atom is -0.102 e. The predicted molar refractivity (Wildman–Crippen MR) is 54.3 cm³/mol. The van der Waals surface area contributed by atoms with Crippen LogP contribution < -0.4 is 0 Å². The Morgan fingerprint density at radius 1 is 1.33 bits per heavy atom. The van der Waals surface area contributed by atoms with E-state index in [1.165, 1.54) is 18.4 Å². The molecule has 0 aliphatic rings. The smallest absolute Gasteiger partial charge is 0.00151 e. The first-order chi connectivity index (χ1) is 5.88. The predicted octanol–water partition coefficient (Wildman–Crippen LogP) is 3.76. The van der Waals surface area contributed by atoms with Crippen LogP contribution in [0.2, 0.25) is 0 Å². The van der Waals surface area contributed by atoms with E-state index in [0.29, 0.717) is 5.92 Å². The van der Waals surface area contributed by atoms with Gasteiger partial charge in [0.1, 0.15) is 0 Å². The Balaban J connectivity index is 2.73. The van der Waals surface area contributed by atoms with Crippen LogP contribution in [0, 0.1) is 0 Å². The number of allylic oxidation sites excluding steroid dienone is 1. The molecule has 0 aliphatic heterocycles. The molecule has 0 saturated carbocycles. The lowest BCUT2D eigenvalue weighted by Gasteiger charge is -2.10. The van der Waals surface area contributed by atoms with Crippen LogP contribution in [0.3, 0.4) is 0 Å². The largest absolute Gasteiger partial charge is 0.102 e. The van der Waals surface area contributed by atoms with Gasteiger partial charge in [0, 0.05) is 5.92 Å². The summed E-state index contributed by atoms with van der Waals surface area (Å²) in [5.74, 6) is 0.538. The van der Waals surface area contributed by atoms with Gasteiger partial charge in [0.25, 0.3) is 0 Å². The first kappa shape index (κ1) is 9.05. The van der Waals surface area contributed by atoms with Crippen molar-refractivity contribution in [2.24, 2.45) is 0 Å². The molecule has 0 heterocycles. The highest BCUT2D eigenvalue weighted by Gasteiger charge is 2.03. The number of hydrogen-bond acceptors (Lipinski definition) is 0. The second-order valence-corrected chi connectivity index (χ2v) is 3.04. The van der Waals surface area contributed by atoms with Gasteiger partial charge in [-0.15, -0.1) is 6.58 Å². The Morgan fingerprint density at radius 2 is 2.00 bits per heavy atom. The quantitative estimate of drug-likeness (QED) is 0.588. The van der Waals surface area contributed by atoms with Crippen LogP contribution in [-0.4, -0.2) is 0 Å². The summed E-state index contributed by atoms with van der Waals surface area (Å²) >= 11 is 0. The SMILES string of the molecule is C=C[C@@H](CCC)c1ccccc1. The highest BCUT2D eigenvalue weighted by molar-refractivity contribution is 5.22.